The van der Waals surface area contributed by atoms with Crippen LogP contribution in [0.3, 0.4) is 0 Å². The Morgan fingerprint density at radius 3 is 2.47 bits per heavy atom. The van der Waals surface area contributed by atoms with Crippen LogP contribution in [0.15, 0.2) is 82.4 Å². The maximum Gasteiger partial charge on any atom is 0.276 e. The summed E-state index contributed by atoms with van der Waals surface area (Å²) in [6, 6.07) is 20.7. The SMILES string of the molecule is O=C(c1cc([N+](=O)[O-])ccc1Cl)N1N=C(c2ccccc2)C[C@H]1c1ccc(Br)cc1. The molecular formula is C22H15BrClN3O3. The van der Waals surface area contributed by atoms with Crippen molar-refractivity contribution in [3.63, 3.8) is 0 Å². The van der Waals surface area contributed by atoms with Crippen molar-refractivity contribution in [3.05, 3.63) is 109 Å². The number of carbonyl (C=O) groups is 1. The maximum absolute atomic E-state index is 13.4. The van der Waals surface area contributed by atoms with Gasteiger partial charge in [0.05, 0.1) is 27.3 Å². The first-order chi connectivity index (χ1) is 14.4. The number of hydrazone groups is 1. The molecule has 1 amide bonds. The number of hydrogen-bond donors (Lipinski definition) is 0. The van der Waals surface area contributed by atoms with Gasteiger partial charge in [0.25, 0.3) is 11.6 Å². The Hall–Kier alpha value is -3.03. The molecule has 1 aliphatic heterocycles. The molecule has 150 valence electrons. The molecule has 3 aromatic rings. The second-order valence-corrected chi connectivity index (χ2v) is 8.08. The predicted octanol–water partition coefficient (Wildman–Crippen LogP) is 6.00. The molecule has 0 aliphatic carbocycles. The smallest absolute Gasteiger partial charge is 0.267 e. The van der Waals surface area contributed by atoms with E-state index in [-0.39, 0.29) is 22.3 Å². The van der Waals surface area contributed by atoms with Gasteiger partial charge in [-0.3, -0.25) is 14.9 Å². The normalized spacial score (nSPS) is 15.7. The standard InChI is InChI=1S/C22H15BrClN3O3/c23-16-8-6-15(7-9-16)21-13-20(14-4-2-1-3-5-14)25-26(21)22(28)18-12-17(27(29)30)10-11-19(18)24/h1-12,21H,13H2/t21-/m0/s1. The van der Waals surface area contributed by atoms with Gasteiger partial charge in [-0.1, -0.05) is 70.0 Å². The first-order valence-corrected chi connectivity index (χ1v) is 10.3. The monoisotopic (exact) mass is 483 g/mol. The second-order valence-electron chi connectivity index (χ2n) is 6.76. The number of halogens is 2. The minimum Gasteiger partial charge on any atom is -0.267 e. The van der Waals surface area contributed by atoms with Crippen molar-refractivity contribution >= 4 is 44.8 Å². The summed E-state index contributed by atoms with van der Waals surface area (Å²) < 4.78 is 0.924. The van der Waals surface area contributed by atoms with E-state index in [1.165, 1.54) is 23.2 Å². The molecule has 6 nitrogen and oxygen atoms in total. The lowest BCUT2D eigenvalue weighted by molar-refractivity contribution is -0.384. The van der Waals surface area contributed by atoms with Gasteiger partial charge in [0.2, 0.25) is 0 Å². The molecule has 4 rings (SSSR count). The van der Waals surface area contributed by atoms with Gasteiger partial charge in [0, 0.05) is 23.0 Å². The second kappa shape index (κ2) is 8.38. The lowest BCUT2D eigenvalue weighted by Gasteiger charge is -2.22. The highest BCUT2D eigenvalue weighted by Gasteiger charge is 2.35. The molecule has 0 aromatic heterocycles. The molecule has 1 heterocycles. The van der Waals surface area contributed by atoms with E-state index in [9.17, 15) is 14.9 Å². The minimum absolute atomic E-state index is 0.0473. The molecule has 0 spiro atoms. The van der Waals surface area contributed by atoms with Gasteiger partial charge < -0.3 is 0 Å². The molecule has 1 atom stereocenters. The van der Waals surface area contributed by atoms with E-state index >= 15 is 0 Å². The summed E-state index contributed by atoms with van der Waals surface area (Å²) in [4.78, 5) is 24.0. The summed E-state index contributed by atoms with van der Waals surface area (Å²) in [5, 5.41) is 17.3. The zero-order valence-electron chi connectivity index (χ0n) is 15.5. The van der Waals surface area contributed by atoms with Crippen LogP contribution in [0.1, 0.15) is 33.9 Å². The number of nitro groups is 1. The van der Waals surface area contributed by atoms with Crippen LogP contribution in [0.5, 0.6) is 0 Å². The number of nitro benzene ring substituents is 1. The van der Waals surface area contributed by atoms with Crippen molar-refractivity contribution in [2.75, 3.05) is 0 Å². The third kappa shape index (κ3) is 3.99. The van der Waals surface area contributed by atoms with Crippen molar-refractivity contribution in [1.29, 1.82) is 0 Å². The number of nitrogens with zero attached hydrogens (tertiary/aromatic N) is 3. The minimum atomic E-state index is -0.554. The third-order valence-electron chi connectivity index (χ3n) is 4.87. The van der Waals surface area contributed by atoms with Crippen molar-refractivity contribution in [3.8, 4) is 0 Å². The van der Waals surface area contributed by atoms with Crippen LogP contribution in [0.4, 0.5) is 5.69 Å². The molecule has 0 saturated heterocycles. The lowest BCUT2D eigenvalue weighted by atomic mass is 9.98. The third-order valence-corrected chi connectivity index (χ3v) is 5.73. The highest BCUT2D eigenvalue weighted by molar-refractivity contribution is 9.10. The molecular weight excluding hydrogens is 470 g/mol. The van der Waals surface area contributed by atoms with E-state index in [1.807, 2.05) is 54.6 Å². The summed E-state index contributed by atoms with van der Waals surface area (Å²) in [6.07, 6.45) is 0.518. The van der Waals surface area contributed by atoms with Crippen LogP contribution in [0.25, 0.3) is 0 Å². The Kier molecular flexibility index (Phi) is 5.65. The molecule has 0 unspecified atom stereocenters. The Balaban J connectivity index is 1.77. The van der Waals surface area contributed by atoms with Crippen LogP contribution in [0.2, 0.25) is 5.02 Å². The van der Waals surface area contributed by atoms with Crippen molar-refractivity contribution in [2.24, 2.45) is 5.10 Å². The lowest BCUT2D eigenvalue weighted by Crippen LogP contribution is -2.27. The molecule has 0 fully saturated rings. The summed E-state index contributed by atoms with van der Waals surface area (Å²) in [7, 11) is 0. The van der Waals surface area contributed by atoms with Crippen LogP contribution in [0, 0.1) is 10.1 Å². The quantitative estimate of drug-likeness (QED) is 0.336. The predicted molar refractivity (Wildman–Crippen MR) is 119 cm³/mol. The molecule has 1 aliphatic rings. The molecule has 0 saturated carbocycles. The van der Waals surface area contributed by atoms with Gasteiger partial charge in [-0.2, -0.15) is 5.10 Å². The molecule has 30 heavy (non-hydrogen) atoms. The molecule has 8 heteroatoms. The van der Waals surface area contributed by atoms with Gasteiger partial charge >= 0.3 is 0 Å². The van der Waals surface area contributed by atoms with Gasteiger partial charge in [-0.25, -0.2) is 5.01 Å². The van der Waals surface area contributed by atoms with E-state index in [2.05, 4.69) is 21.0 Å². The number of hydrogen-bond acceptors (Lipinski definition) is 4. The highest BCUT2D eigenvalue weighted by Crippen LogP contribution is 2.36. The van der Waals surface area contributed by atoms with Gasteiger partial charge in [0.15, 0.2) is 0 Å². The summed E-state index contributed by atoms with van der Waals surface area (Å²) in [5.41, 5.74) is 2.43. The molecule has 3 aromatic carbocycles. The fraction of sp³-hybridized carbons (Fsp3) is 0.0909. The average Bonchev–Trinajstić information content (AvgIpc) is 3.20. The van der Waals surface area contributed by atoms with Gasteiger partial charge in [-0.05, 0) is 29.3 Å². The number of rotatable bonds is 4. The highest BCUT2D eigenvalue weighted by atomic mass is 79.9. The Morgan fingerprint density at radius 1 is 1.10 bits per heavy atom. The molecule has 0 bridgehead atoms. The van der Waals surface area contributed by atoms with Crippen molar-refractivity contribution < 1.29 is 9.72 Å². The van der Waals surface area contributed by atoms with E-state index in [0.29, 0.717) is 6.42 Å². The molecule has 0 radical (unpaired) electrons. The fourth-order valence-electron chi connectivity index (χ4n) is 3.36. The van der Waals surface area contributed by atoms with E-state index < -0.39 is 10.8 Å². The average molecular weight is 485 g/mol. The maximum atomic E-state index is 13.4. The Morgan fingerprint density at radius 2 is 1.80 bits per heavy atom. The number of non-ortho nitro benzene ring substituents is 1. The first kappa shape index (κ1) is 20.3. The molecule has 0 N–H and O–H groups in total. The van der Waals surface area contributed by atoms with Crippen molar-refractivity contribution in [1.82, 2.24) is 5.01 Å². The number of amides is 1. The van der Waals surface area contributed by atoms with Crippen LogP contribution >= 0.6 is 27.5 Å². The number of benzene rings is 3. The summed E-state index contributed by atoms with van der Waals surface area (Å²) >= 11 is 9.64. The van der Waals surface area contributed by atoms with Crippen LogP contribution in [-0.4, -0.2) is 21.6 Å². The van der Waals surface area contributed by atoms with Crippen molar-refractivity contribution in [2.45, 2.75) is 12.5 Å². The zero-order valence-corrected chi connectivity index (χ0v) is 17.9. The largest absolute Gasteiger partial charge is 0.276 e. The van der Waals surface area contributed by atoms with Crippen LogP contribution in [-0.2, 0) is 0 Å². The summed E-state index contributed by atoms with van der Waals surface area (Å²) in [5.74, 6) is -0.484. The van der Waals surface area contributed by atoms with Gasteiger partial charge in [-0.15, -0.1) is 0 Å². The fourth-order valence-corrected chi connectivity index (χ4v) is 3.82. The van der Waals surface area contributed by atoms with Crippen LogP contribution < -0.4 is 0 Å². The van der Waals surface area contributed by atoms with E-state index in [1.54, 1.807) is 0 Å². The number of carbonyl (C=O) groups excluding carboxylic acids is 1. The Bertz CT molecular complexity index is 1150. The van der Waals surface area contributed by atoms with Gasteiger partial charge in [0.1, 0.15) is 0 Å². The topological polar surface area (TPSA) is 75.8 Å². The summed E-state index contributed by atoms with van der Waals surface area (Å²) in [6.45, 7) is 0. The first-order valence-electron chi connectivity index (χ1n) is 9.10. The zero-order chi connectivity index (χ0) is 21.3. The van der Waals surface area contributed by atoms with E-state index in [0.717, 1.165) is 21.3 Å². The van der Waals surface area contributed by atoms with E-state index in [4.69, 9.17) is 11.6 Å². The Labute approximate surface area is 186 Å².